The third-order valence-electron chi connectivity index (χ3n) is 5.86. The van der Waals surface area contributed by atoms with Crippen LogP contribution >= 0.6 is 19.2 Å². The number of hydrogen-bond donors (Lipinski definition) is 1. The molecule has 3 rings (SSSR count). The first-order chi connectivity index (χ1) is 16.1. The van der Waals surface area contributed by atoms with E-state index in [1.807, 2.05) is 30.3 Å². The summed E-state index contributed by atoms with van der Waals surface area (Å²) in [7, 11) is -3.00. The standard InChI is InChI=1S/C24H32ClN2O5P/c25-32-33(29,24-8-2-1-3-9-24)19-31-22-12-10-20(11-13-22)14-16-26-15-5-17-30-23-7-4-6-21(18-23)27-28/h4,6-7,10-13,18,24,26H,1-3,5,8-9,14-17,19H2. The van der Waals surface area contributed by atoms with E-state index in [-0.39, 0.29) is 12.0 Å². The molecule has 7 nitrogen and oxygen atoms in total. The number of rotatable bonds is 14. The molecule has 0 radical (unpaired) electrons. The second kappa shape index (κ2) is 13.7. The number of ether oxygens (including phenoxy) is 2. The number of halogens is 1. The molecule has 1 unspecified atom stereocenters. The lowest BCUT2D eigenvalue weighted by Crippen LogP contribution is -2.20. The van der Waals surface area contributed by atoms with Gasteiger partial charge in [-0.3, -0.25) is 4.57 Å². The number of hydrogen-bond acceptors (Lipinski definition) is 7. The Morgan fingerprint density at radius 1 is 1.00 bits per heavy atom. The maximum Gasteiger partial charge on any atom is 0.259 e. The Kier molecular flexibility index (Phi) is 10.7. The predicted molar refractivity (Wildman–Crippen MR) is 132 cm³/mol. The molecule has 0 spiro atoms. The van der Waals surface area contributed by atoms with Crippen molar-refractivity contribution in [3.63, 3.8) is 0 Å². The zero-order valence-electron chi connectivity index (χ0n) is 18.8. The fraction of sp³-hybridized carbons (Fsp3) is 0.500. The predicted octanol–water partition coefficient (Wildman–Crippen LogP) is 6.80. The molecule has 1 aliphatic carbocycles. The van der Waals surface area contributed by atoms with Crippen LogP contribution in [0.4, 0.5) is 5.69 Å². The molecule has 180 valence electrons. The monoisotopic (exact) mass is 494 g/mol. The van der Waals surface area contributed by atoms with Crippen molar-refractivity contribution >= 4 is 24.9 Å². The van der Waals surface area contributed by atoms with Gasteiger partial charge in [-0.2, -0.15) is 0 Å². The van der Waals surface area contributed by atoms with Crippen LogP contribution in [0.1, 0.15) is 44.1 Å². The van der Waals surface area contributed by atoms with Crippen molar-refractivity contribution in [2.24, 2.45) is 5.18 Å². The highest BCUT2D eigenvalue weighted by Crippen LogP contribution is 2.57. The molecule has 0 amide bonds. The maximum atomic E-state index is 13.0. The van der Waals surface area contributed by atoms with Crippen LogP contribution in [-0.4, -0.2) is 31.7 Å². The lowest BCUT2D eigenvalue weighted by atomic mass is 10.0. The molecule has 2 aromatic rings. The Bertz CT molecular complexity index is 906. The van der Waals surface area contributed by atoms with Crippen LogP contribution in [0.5, 0.6) is 11.5 Å². The summed E-state index contributed by atoms with van der Waals surface area (Å²) < 4.78 is 29.3. The highest BCUT2D eigenvalue weighted by molar-refractivity contribution is 7.60. The summed E-state index contributed by atoms with van der Waals surface area (Å²) in [4.78, 5) is 10.5. The van der Waals surface area contributed by atoms with E-state index in [2.05, 4.69) is 10.5 Å². The lowest BCUT2D eigenvalue weighted by Gasteiger charge is -2.27. The number of nitrogens with one attached hydrogen (secondary N) is 1. The first-order valence-corrected chi connectivity index (χ1v) is 13.7. The van der Waals surface area contributed by atoms with Gasteiger partial charge in [0.25, 0.3) is 7.37 Å². The van der Waals surface area contributed by atoms with Crippen LogP contribution in [0, 0.1) is 4.91 Å². The summed E-state index contributed by atoms with van der Waals surface area (Å²) in [5.74, 6) is 1.32. The molecule has 0 aliphatic heterocycles. The van der Waals surface area contributed by atoms with Gasteiger partial charge in [-0.25, -0.2) is 4.08 Å². The molecule has 1 saturated carbocycles. The minimum Gasteiger partial charge on any atom is -0.493 e. The molecular weight excluding hydrogens is 463 g/mol. The fourth-order valence-corrected chi connectivity index (χ4v) is 6.25. The SMILES string of the molecule is O=Nc1cccc(OCCCNCCc2ccc(OCP(=O)(OCl)C3CCCCC3)cc2)c1. The first-order valence-electron chi connectivity index (χ1n) is 11.5. The fourth-order valence-electron chi connectivity index (χ4n) is 3.95. The Balaban J connectivity index is 1.31. The van der Waals surface area contributed by atoms with E-state index in [1.54, 1.807) is 18.2 Å². The average molecular weight is 495 g/mol. The van der Waals surface area contributed by atoms with Crippen molar-refractivity contribution in [1.29, 1.82) is 0 Å². The molecule has 33 heavy (non-hydrogen) atoms. The van der Waals surface area contributed by atoms with E-state index in [1.165, 1.54) is 12.0 Å². The molecule has 9 heteroatoms. The number of nitroso groups, excluding NO2 is 1. The van der Waals surface area contributed by atoms with Gasteiger partial charge < -0.3 is 14.8 Å². The van der Waals surface area contributed by atoms with Crippen molar-refractivity contribution in [2.75, 3.05) is 26.0 Å². The molecule has 2 aromatic carbocycles. The number of benzene rings is 2. The van der Waals surface area contributed by atoms with Gasteiger partial charge in [0.15, 0.2) is 6.35 Å². The Morgan fingerprint density at radius 2 is 1.79 bits per heavy atom. The third-order valence-corrected chi connectivity index (χ3v) is 8.91. The summed E-state index contributed by atoms with van der Waals surface area (Å²) in [6.07, 6.45) is 6.84. The Labute approximate surface area is 200 Å². The van der Waals surface area contributed by atoms with Crippen LogP contribution in [0.2, 0.25) is 0 Å². The van der Waals surface area contributed by atoms with Crippen LogP contribution in [0.15, 0.2) is 53.7 Å². The van der Waals surface area contributed by atoms with Gasteiger partial charge in [-0.15, -0.1) is 4.91 Å². The highest BCUT2D eigenvalue weighted by Gasteiger charge is 2.36. The van der Waals surface area contributed by atoms with Crippen molar-refractivity contribution in [3.05, 3.63) is 59.0 Å². The topological polar surface area (TPSA) is 86.2 Å². The van der Waals surface area contributed by atoms with Crippen molar-refractivity contribution in [1.82, 2.24) is 5.32 Å². The third kappa shape index (κ3) is 8.42. The molecule has 1 aliphatic rings. The molecule has 0 aromatic heterocycles. The normalized spacial score (nSPS) is 16.2. The molecule has 1 fully saturated rings. The largest absolute Gasteiger partial charge is 0.493 e. The molecular formula is C24H32ClN2O5P. The minimum atomic E-state index is -3.00. The summed E-state index contributed by atoms with van der Waals surface area (Å²) >= 11 is 5.61. The van der Waals surface area contributed by atoms with Crippen LogP contribution in [0.3, 0.4) is 0 Å². The molecule has 1 atom stereocenters. The van der Waals surface area contributed by atoms with Gasteiger partial charge >= 0.3 is 0 Å². The first kappa shape index (κ1) is 25.7. The van der Waals surface area contributed by atoms with Crippen molar-refractivity contribution in [2.45, 2.75) is 50.6 Å². The second-order valence-corrected chi connectivity index (χ2v) is 11.3. The maximum absolute atomic E-state index is 13.0. The summed E-state index contributed by atoms with van der Waals surface area (Å²) in [5.41, 5.74) is 1.55. The van der Waals surface area contributed by atoms with Crippen molar-refractivity contribution < 1.29 is 18.1 Å². The molecule has 1 N–H and O–H groups in total. The van der Waals surface area contributed by atoms with Crippen LogP contribution in [0.25, 0.3) is 0 Å². The summed E-state index contributed by atoms with van der Waals surface area (Å²) in [6.45, 7) is 2.25. The van der Waals surface area contributed by atoms with E-state index in [0.717, 1.165) is 51.6 Å². The lowest BCUT2D eigenvalue weighted by molar-refractivity contribution is 0.308. The van der Waals surface area contributed by atoms with Gasteiger partial charge in [0.2, 0.25) is 0 Å². The van der Waals surface area contributed by atoms with E-state index in [4.69, 9.17) is 25.4 Å². The van der Waals surface area contributed by atoms with Crippen molar-refractivity contribution in [3.8, 4) is 11.5 Å². The summed E-state index contributed by atoms with van der Waals surface area (Å²) in [5, 5.41) is 6.30. The zero-order valence-corrected chi connectivity index (χ0v) is 20.4. The highest BCUT2D eigenvalue weighted by atomic mass is 35.5. The number of nitrogens with zero attached hydrogens (tertiary/aromatic N) is 1. The molecule has 0 saturated heterocycles. The minimum absolute atomic E-state index is 0.00184. The van der Waals surface area contributed by atoms with Gasteiger partial charge in [0.05, 0.1) is 18.5 Å². The Hall–Kier alpha value is -1.92. The summed E-state index contributed by atoms with van der Waals surface area (Å²) in [6, 6.07) is 14.7. The second-order valence-electron chi connectivity index (χ2n) is 8.30. The van der Waals surface area contributed by atoms with Crippen LogP contribution in [-0.2, 0) is 15.1 Å². The average Bonchev–Trinajstić information content (AvgIpc) is 2.88. The molecule has 0 heterocycles. The van der Waals surface area contributed by atoms with E-state index >= 15 is 0 Å². The van der Waals surface area contributed by atoms with Crippen LogP contribution < -0.4 is 14.8 Å². The molecule has 0 bridgehead atoms. The van der Waals surface area contributed by atoms with E-state index < -0.39 is 7.37 Å². The quantitative estimate of drug-likeness (QED) is 0.176. The van der Waals surface area contributed by atoms with E-state index in [0.29, 0.717) is 23.8 Å². The van der Waals surface area contributed by atoms with Gasteiger partial charge in [-0.1, -0.05) is 37.5 Å². The van der Waals surface area contributed by atoms with Gasteiger partial charge in [0.1, 0.15) is 17.2 Å². The van der Waals surface area contributed by atoms with Gasteiger partial charge in [0, 0.05) is 11.7 Å². The smallest absolute Gasteiger partial charge is 0.259 e. The zero-order chi connectivity index (χ0) is 23.4. The van der Waals surface area contributed by atoms with Gasteiger partial charge in [-0.05, 0) is 73.8 Å². The van der Waals surface area contributed by atoms with E-state index in [9.17, 15) is 9.47 Å². The Morgan fingerprint density at radius 3 is 2.52 bits per heavy atom.